The molecular formula is C23H34N2O. The Labute approximate surface area is 158 Å². The first-order valence-electron chi connectivity index (χ1n) is 10.8. The van der Waals surface area contributed by atoms with E-state index >= 15 is 0 Å². The molecule has 3 aliphatic rings. The van der Waals surface area contributed by atoms with Crippen LogP contribution in [0.4, 0.5) is 0 Å². The van der Waals surface area contributed by atoms with Crippen LogP contribution in [-0.2, 0) is 12.8 Å². The molecule has 3 heteroatoms. The van der Waals surface area contributed by atoms with Crippen molar-refractivity contribution in [2.75, 3.05) is 6.54 Å². The number of primary amides is 1. The van der Waals surface area contributed by atoms with Crippen molar-refractivity contribution in [2.45, 2.75) is 83.2 Å². The van der Waals surface area contributed by atoms with Crippen molar-refractivity contribution < 1.29 is 4.79 Å². The minimum Gasteiger partial charge on any atom is -0.366 e. The Kier molecular flexibility index (Phi) is 5.35. The molecule has 2 N–H and O–H groups in total. The van der Waals surface area contributed by atoms with Crippen LogP contribution in [-0.4, -0.2) is 29.4 Å². The molecule has 1 unspecified atom stereocenters. The lowest BCUT2D eigenvalue weighted by Gasteiger charge is -2.44. The first kappa shape index (κ1) is 18.0. The Hall–Kier alpha value is -1.35. The quantitative estimate of drug-likeness (QED) is 0.875. The minimum absolute atomic E-state index is 0.303. The average Bonchev–Trinajstić information content (AvgIpc) is 3.47. The van der Waals surface area contributed by atoms with Crippen LogP contribution in [0.1, 0.15) is 79.8 Å². The lowest BCUT2D eigenvalue weighted by Crippen LogP contribution is -2.49. The third kappa shape index (κ3) is 3.83. The summed E-state index contributed by atoms with van der Waals surface area (Å²) in [5.74, 6) is 1.46. The van der Waals surface area contributed by atoms with Gasteiger partial charge in [-0.25, -0.2) is 0 Å². The summed E-state index contributed by atoms with van der Waals surface area (Å²) in [6, 6.07) is 7.60. The number of hydrogen-bond donors (Lipinski definition) is 1. The van der Waals surface area contributed by atoms with E-state index in [-0.39, 0.29) is 5.91 Å². The summed E-state index contributed by atoms with van der Waals surface area (Å²) in [4.78, 5) is 14.5. The molecule has 2 fully saturated rings. The van der Waals surface area contributed by atoms with Crippen LogP contribution in [0.15, 0.2) is 18.2 Å². The molecule has 0 saturated heterocycles. The maximum Gasteiger partial charge on any atom is 0.248 e. The number of benzene rings is 1. The van der Waals surface area contributed by atoms with Gasteiger partial charge in [-0.15, -0.1) is 0 Å². The fourth-order valence-corrected chi connectivity index (χ4v) is 5.48. The van der Waals surface area contributed by atoms with Crippen LogP contribution in [0.25, 0.3) is 0 Å². The van der Waals surface area contributed by atoms with Gasteiger partial charge in [0.15, 0.2) is 0 Å². The largest absolute Gasteiger partial charge is 0.366 e. The molecule has 0 bridgehead atoms. The average molecular weight is 355 g/mol. The van der Waals surface area contributed by atoms with Crippen molar-refractivity contribution >= 4 is 5.91 Å². The number of nitrogens with zero attached hydrogens (tertiary/aromatic N) is 1. The molecular weight excluding hydrogens is 320 g/mol. The van der Waals surface area contributed by atoms with Crippen molar-refractivity contribution in [2.24, 2.45) is 17.6 Å². The van der Waals surface area contributed by atoms with Gasteiger partial charge in [0, 0.05) is 17.6 Å². The highest BCUT2D eigenvalue weighted by atomic mass is 16.1. The summed E-state index contributed by atoms with van der Waals surface area (Å²) in [5, 5.41) is 0. The second-order valence-corrected chi connectivity index (χ2v) is 8.94. The molecule has 0 spiro atoms. The van der Waals surface area contributed by atoms with E-state index in [1.54, 1.807) is 0 Å². The molecule has 2 saturated carbocycles. The zero-order valence-electron chi connectivity index (χ0n) is 16.3. The van der Waals surface area contributed by atoms with Gasteiger partial charge >= 0.3 is 0 Å². The second-order valence-electron chi connectivity index (χ2n) is 8.94. The predicted molar refractivity (Wildman–Crippen MR) is 106 cm³/mol. The van der Waals surface area contributed by atoms with Gasteiger partial charge in [-0.05, 0) is 93.5 Å². The summed E-state index contributed by atoms with van der Waals surface area (Å²) in [6.45, 7) is 3.69. The molecule has 2 atom stereocenters. The Morgan fingerprint density at radius 3 is 2.54 bits per heavy atom. The zero-order chi connectivity index (χ0) is 18.1. The van der Waals surface area contributed by atoms with Gasteiger partial charge in [0.2, 0.25) is 5.91 Å². The Bertz CT molecular complexity index is 646. The van der Waals surface area contributed by atoms with E-state index in [0.29, 0.717) is 11.6 Å². The van der Waals surface area contributed by atoms with E-state index in [9.17, 15) is 4.79 Å². The molecule has 26 heavy (non-hydrogen) atoms. The molecule has 2 aliphatic carbocycles. The number of carbonyl (C=O) groups is 1. The van der Waals surface area contributed by atoms with E-state index in [4.69, 9.17) is 5.73 Å². The highest BCUT2D eigenvalue weighted by Crippen LogP contribution is 2.40. The van der Waals surface area contributed by atoms with Crippen LogP contribution < -0.4 is 5.73 Å². The summed E-state index contributed by atoms with van der Waals surface area (Å²) < 4.78 is 0. The zero-order valence-corrected chi connectivity index (χ0v) is 16.3. The van der Waals surface area contributed by atoms with E-state index < -0.39 is 0 Å². The first-order chi connectivity index (χ1) is 12.6. The van der Waals surface area contributed by atoms with Gasteiger partial charge < -0.3 is 5.73 Å². The predicted octanol–water partition coefficient (Wildman–Crippen LogP) is 4.32. The van der Waals surface area contributed by atoms with Crippen molar-refractivity contribution in [1.29, 1.82) is 0 Å². The summed E-state index contributed by atoms with van der Waals surface area (Å²) >= 11 is 0. The highest BCUT2D eigenvalue weighted by molar-refractivity contribution is 5.93. The third-order valence-corrected chi connectivity index (χ3v) is 7.23. The van der Waals surface area contributed by atoms with Gasteiger partial charge in [0.05, 0.1) is 0 Å². The SMILES string of the molecule is C[C@H](C1CC1)N1CCCc2cc(C(N)=O)ccc2CC1C1CCCCC1. The van der Waals surface area contributed by atoms with Gasteiger partial charge in [0.1, 0.15) is 0 Å². The number of amides is 1. The fraction of sp³-hybridized carbons (Fsp3) is 0.696. The smallest absolute Gasteiger partial charge is 0.248 e. The molecule has 0 aromatic heterocycles. The monoisotopic (exact) mass is 354 g/mol. The van der Waals surface area contributed by atoms with Crippen molar-refractivity contribution in [3.63, 3.8) is 0 Å². The Morgan fingerprint density at radius 2 is 1.85 bits per heavy atom. The van der Waals surface area contributed by atoms with Gasteiger partial charge in [-0.1, -0.05) is 25.3 Å². The summed E-state index contributed by atoms with van der Waals surface area (Å²) in [6.07, 6.45) is 13.3. The second kappa shape index (κ2) is 7.72. The molecule has 142 valence electrons. The number of hydrogen-bond acceptors (Lipinski definition) is 2. The van der Waals surface area contributed by atoms with E-state index in [2.05, 4.69) is 24.0 Å². The van der Waals surface area contributed by atoms with Crippen LogP contribution in [0.2, 0.25) is 0 Å². The normalized spacial score (nSPS) is 26.6. The first-order valence-corrected chi connectivity index (χ1v) is 10.8. The Balaban J connectivity index is 1.63. The molecule has 1 aromatic rings. The van der Waals surface area contributed by atoms with E-state index in [1.165, 1.54) is 69.0 Å². The molecule has 3 nitrogen and oxygen atoms in total. The number of rotatable bonds is 4. The fourth-order valence-electron chi connectivity index (χ4n) is 5.48. The maximum absolute atomic E-state index is 11.6. The molecule has 4 rings (SSSR count). The van der Waals surface area contributed by atoms with Crippen molar-refractivity contribution in [3.8, 4) is 0 Å². The molecule has 1 aromatic carbocycles. The Morgan fingerprint density at radius 1 is 1.08 bits per heavy atom. The molecule has 0 radical (unpaired) electrons. The van der Waals surface area contributed by atoms with Gasteiger partial charge in [-0.2, -0.15) is 0 Å². The van der Waals surface area contributed by atoms with Crippen molar-refractivity contribution in [3.05, 3.63) is 34.9 Å². The molecule has 1 heterocycles. The number of carbonyl (C=O) groups excluding carboxylic acids is 1. The standard InChI is InChI=1S/C23H34N2O/c1-16(17-9-10-17)25-13-5-8-19-14-21(23(24)26)12-11-20(19)15-22(25)18-6-3-2-4-7-18/h11-12,14,16-18,22H,2-10,13,15H2,1H3,(H2,24,26)/t16-,22?/m1/s1. The third-order valence-electron chi connectivity index (χ3n) is 7.23. The number of nitrogens with two attached hydrogens (primary N) is 1. The lowest BCUT2D eigenvalue weighted by molar-refractivity contribution is 0.0675. The van der Waals surface area contributed by atoms with Gasteiger partial charge in [0.25, 0.3) is 0 Å². The molecule has 1 aliphatic heterocycles. The maximum atomic E-state index is 11.6. The molecule has 1 amide bonds. The summed E-state index contributed by atoms with van der Waals surface area (Å²) in [5.41, 5.74) is 9.00. The lowest BCUT2D eigenvalue weighted by atomic mass is 9.78. The van der Waals surface area contributed by atoms with Crippen LogP contribution in [0, 0.1) is 11.8 Å². The summed E-state index contributed by atoms with van der Waals surface area (Å²) in [7, 11) is 0. The van der Waals surface area contributed by atoms with Crippen molar-refractivity contribution in [1.82, 2.24) is 4.90 Å². The van der Waals surface area contributed by atoms with Crippen LogP contribution in [0.5, 0.6) is 0 Å². The van der Waals surface area contributed by atoms with Crippen LogP contribution >= 0.6 is 0 Å². The van der Waals surface area contributed by atoms with E-state index in [1.807, 2.05) is 6.07 Å². The van der Waals surface area contributed by atoms with Gasteiger partial charge in [-0.3, -0.25) is 9.69 Å². The number of aryl methyl sites for hydroxylation is 1. The highest BCUT2D eigenvalue weighted by Gasteiger charge is 2.38. The van der Waals surface area contributed by atoms with E-state index in [0.717, 1.165) is 30.7 Å². The topological polar surface area (TPSA) is 46.3 Å². The van der Waals surface area contributed by atoms with Crippen LogP contribution in [0.3, 0.4) is 0 Å². The minimum atomic E-state index is -0.303. The number of fused-ring (bicyclic) bond motifs is 1.